The first-order chi connectivity index (χ1) is 8.97. The zero-order chi connectivity index (χ0) is 14.0. The van der Waals surface area contributed by atoms with Crippen LogP contribution >= 0.6 is 11.6 Å². The number of halogens is 2. The van der Waals surface area contributed by atoms with Crippen molar-refractivity contribution in [3.8, 4) is 0 Å². The molecule has 1 heterocycles. The van der Waals surface area contributed by atoms with Crippen molar-refractivity contribution in [2.75, 3.05) is 11.4 Å². The molecule has 1 atom stereocenters. The molecule has 19 heavy (non-hydrogen) atoms. The van der Waals surface area contributed by atoms with Crippen molar-refractivity contribution in [2.24, 2.45) is 16.5 Å². The molecule has 1 aliphatic rings. The third kappa shape index (κ3) is 3.14. The number of carbonyl (C=O) groups excluding carboxylic acids is 1. The third-order valence-electron chi connectivity index (χ3n) is 2.96. The molecule has 102 valence electrons. The molecule has 7 heteroatoms. The molecule has 4 N–H and O–H groups in total. The van der Waals surface area contributed by atoms with Gasteiger partial charge in [-0.05, 0) is 31.0 Å². The van der Waals surface area contributed by atoms with Gasteiger partial charge in [0.2, 0.25) is 0 Å². The van der Waals surface area contributed by atoms with Crippen molar-refractivity contribution in [1.82, 2.24) is 0 Å². The van der Waals surface area contributed by atoms with Crippen molar-refractivity contribution in [3.05, 3.63) is 29.0 Å². The first-order valence-electron chi connectivity index (χ1n) is 5.83. The number of benzene rings is 1. The van der Waals surface area contributed by atoms with Gasteiger partial charge in [-0.3, -0.25) is 4.79 Å². The molecule has 0 radical (unpaired) electrons. The fourth-order valence-corrected chi connectivity index (χ4v) is 2.46. The second kappa shape index (κ2) is 5.44. The highest BCUT2D eigenvalue weighted by molar-refractivity contribution is 6.30. The van der Waals surface area contributed by atoms with E-state index in [2.05, 4.69) is 4.99 Å². The standard InChI is InChI=1S/C12H14ClFN4O/c13-7-4-8(14)6-9(5-7)18-3-1-2-10(18)11(19)17-12(15)16/h4-6,10H,1-3H2,(H4,15,16,17,19). The minimum absolute atomic E-state index is 0.269. The number of nitrogens with two attached hydrogens (primary N) is 2. The fourth-order valence-electron chi connectivity index (χ4n) is 2.24. The molecule has 0 spiro atoms. The largest absolute Gasteiger partial charge is 0.370 e. The van der Waals surface area contributed by atoms with Gasteiger partial charge in [0.15, 0.2) is 5.96 Å². The normalized spacial score (nSPS) is 18.4. The number of rotatable bonds is 2. The van der Waals surface area contributed by atoms with Gasteiger partial charge < -0.3 is 16.4 Å². The summed E-state index contributed by atoms with van der Waals surface area (Å²) in [5.74, 6) is -1.13. The van der Waals surface area contributed by atoms with Crippen molar-refractivity contribution >= 4 is 29.2 Å². The average molecular weight is 285 g/mol. The second-order valence-electron chi connectivity index (χ2n) is 4.35. The molecule has 1 fully saturated rings. The van der Waals surface area contributed by atoms with E-state index < -0.39 is 17.8 Å². The van der Waals surface area contributed by atoms with Crippen LogP contribution in [0.1, 0.15) is 12.8 Å². The van der Waals surface area contributed by atoms with Gasteiger partial charge in [-0.1, -0.05) is 11.6 Å². The zero-order valence-corrected chi connectivity index (χ0v) is 10.9. The molecule has 1 aliphatic heterocycles. The zero-order valence-electron chi connectivity index (χ0n) is 10.1. The molecule has 2 rings (SSSR count). The van der Waals surface area contributed by atoms with Gasteiger partial charge in [0.05, 0.1) is 0 Å². The molecule has 0 saturated carbocycles. The van der Waals surface area contributed by atoms with Crippen LogP contribution in [0.4, 0.5) is 10.1 Å². The minimum atomic E-state index is -0.472. The van der Waals surface area contributed by atoms with Crippen LogP contribution < -0.4 is 16.4 Å². The van der Waals surface area contributed by atoms with E-state index in [0.717, 1.165) is 6.42 Å². The Hall–Kier alpha value is -1.82. The maximum Gasteiger partial charge on any atom is 0.271 e. The number of anilines is 1. The van der Waals surface area contributed by atoms with Gasteiger partial charge in [0, 0.05) is 17.3 Å². The van der Waals surface area contributed by atoms with Crippen LogP contribution in [0.15, 0.2) is 23.2 Å². The summed E-state index contributed by atoms with van der Waals surface area (Å²) in [6.45, 7) is 0.635. The molecular weight excluding hydrogens is 271 g/mol. The van der Waals surface area contributed by atoms with E-state index in [4.69, 9.17) is 23.1 Å². The van der Waals surface area contributed by atoms with E-state index in [1.807, 2.05) is 0 Å². The minimum Gasteiger partial charge on any atom is -0.370 e. The van der Waals surface area contributed by atoms with Crippen LogP contribution in [0.25, 0.3) is 0 Å². The Morgan fingerprint density at radius 1 is 1.42 bits per heavy atom. The molecule has 5 nitrogen and oxygen atoms in total. The van der Waals surface area contributed by atoms with Gasteiger partial charge >= 0.3 is 0 Å². The highest BCUT2D eigenvalue weighted by Gasteiger charge is 2.31. The lowest BCUT2D eigenvalue weighted by Crippen LogP contribution is -2.37. The predicted molar refractivity (Wildman–Crippen MR) is 72.6 cm³/mol. The summed E-state index contributed by atoms with van der Waals surface area (Å²) in [6, 6.07) is 3.70. The van der Waals surface area contributed by atoms with E-state index in [1.165, 1.54) is 12.1 Å². The van der Waals surface area contributed by atoms with E-state index in [-0.39, 0.29) is 11.0 Å². The Bertz CT molecular complexity index is 510. The van der Waals surface area contributed by atoms with Gasteiger partial charge in [-0.25, -0.2) is 4.39 Å². The Balaban J connectivity index is 2.28. The van der Waals surface area contributed by atoms with Gasteiger partial charge in [0.1, 0.15) is 11.9 Å². The van der Waals surface area contributed by atoms with Crippen LogP contribution in [0.2, 0.25) is 5.02 Å². The number of amides is 1. The molecule has 1 unspecified atom stereocenters. The molecule has 1 aromatic carbocycles. The van der Waals surface area contributed by atoms with Crippen molar-refractivity contribution < 1.29 is 9.18 Å². The van der Waals surface area contributed by atoms with Crippen molar-refractivity contribution in [1.29, 1.82) is 0 Å². The Morgan fingerprint density at radius 2 is 2.16 bits per heavy atom. The summed E-state index contributed by atoms with van der Waals surface area (Å²) < 4.78 is 13.4. The molecule has 0 aliphatic carbocycles. The van der Waals surface area contributed by atoms with Crippen LogP contribution in [0.3, 0.4) is 0 Å². The SMILES string of the molecule is NC(N)=NC(=O)C1CCCN1c1cc(F)cc(Cl)c1. The summed E-state index contributed by atoms with van der Waals surface area (Å²) >= 11 is 5.82. The maximum atomic E-state index is 13.4. The number of hydrogen-bond donors (Lipinski definition) is 2. The maximum absolute atomic E-state index is 13.4. The molecule has 0 aromatic heterocycles. The van der Waals surface area contributed by atoms with Crippen LogP contribution in [-0.2, 0) is 4.79 Å². The number of guanidine groups is 1. The van der Waals surface area contributed by atoms with E-state index >= 15 is 0 Å². The van der Waals surface area contributed by atoms with Gasteiger partial charge in [0.25, 0.3) is 5.91 Å². The topological polar surface area (TPSA) is 84.7 Å². The van der Waals surface area contributed by atoms with Crippen molar-refractivity contribution in [2.45, 2.75) is 18.9 Å². The highest BCUT2D eigenvalue weighted by Crippen LogP contribution is 2.29. The lowest BCUT2D eigenvalue weighted by atomic mass is 10.2. The Kier molecular flexibility index (Phi) is 3.90. The lowest BCUT2D eigenvalue weighted by Gasteiger charge is -2.24. The van der Waals surface area contributed by atoms with E-state index in [0.29, 0.717) is 18.7 Å². The first kappa shape index (κ1) is 13.6. The summed E-state index contributed by atoms with van der Waals surface area (Å²) in [6.07, 6.45) is 1.44. The lowest BCUT2D eigenvalue weighted by molar-refractivity contribution is -0.118. The van der Waals surface area contributed by atoms with Crippen molar-refractivity contribution in [3.63, 3.8) is 0 Å². The van der Waals surface area contributed by atoms with Crippen LogP contribution in [0.5, 0.6) is 0 Å². The molecule has 1 amide bonds. The smallest absolute Gasteiger partial charge is 0.271 e. The first-order valence-corrected chi connectivity index (χ1v) is 6.21. The number of carbonyl (C=O) groups is 1. The van der Waals surface area contributed by atoms with E-state index in [9.17, 15) is 9.18 Å². The van der Waals surface area contributed by atoms with E-state index in [1.54, 1.807) is 11.0 Å². The predicted octanol–water partition coefficient (Wildman–Crippen LogP) is 1.25. The quantitative estimate of drug-likeness (QED) is 0.632. The molecule has 1 saturated heterocycles. The fraction of sp³-hybridized carbons (Fsp3) is 0.333. The van der Waals surface area contributed by atoms with Crippen LogP contribution in [-0.4, -0.2) is 24.5 Å². The molecular formula is C12H14ClFN4O. The summed E-state index contributed by atoms with van der Waals surface area (Å²) in [7, 11) is 0. The van der Waals surface area contributed by atoms with Crippen LogP contribution in [0, 0.1) is 5.82 Å². The summed E-state index contributed by atoms with van der Waals surface area (Å²) in [5.41, 5.74) is 11.0. The Morgan fingerprint density at radius 3 is 2.79 bits per heavy atom. The highest BCUT2D eigenvalue weighted by atomic mass is 35.5. The molecule has 1 aromatic rings. The average Bonchev–Trinajstić information content (AvgIpc) is 2.75. The molecule has 0 bridgehead atoms. The third-order valence-corrected chi connectivity index (χ3v) is 3.17. The summed E-state index contributed by atoms with van der Waals surface area (Å²) in [4.78, 5) is 17.2. The van der Waals surface area contributed by atoms with Gasteiger partial charge in [-0.15, -0.1) is 0 Å². The number of hydrogen-bond acceptors (Lipinski definition) is 2. The van der Waals surface area contributed by atoms with Gasteiger partial charge in [-0.2, -0.15) is 4.99 Å². The second-order valence-corrected chi connectivity index (χ2v) is 4.79. The number of aliphatic imine (C=N–C) groups is 1. The Labute approximate surface area is 115 Å². The number of nitrogens with zero attached hydrogens (tertiary/aromatic N) is 2. The summed E-state index contributed by atoms with van der Waals surface area (Å²) in [5, 5.41) is 0.287. The monoisotopic (exact) mass is 284 g/mol.